The molecule has 2 aromatic carbocycles. The van der Waals surface area contributed by atoms with Crippen molar-refractivity contribution in [2.75, 3.05) is 0 Å². The SMILES string of the molecule is Cc1[nH]c(SCc2cc(=O)oc3cc(Br)ccc23)nc1Cc1ccccc1. The van der Waals surface area contributed by atoms with Gasteiger partial charge < -0.3 is 9.40 Å². The van der Waals surface area contributed by atoms with E-state index in [1.54, 1.807) is 17.8 Å². The molecule has 0 saturated carbocycles. The first-order chi connectivity index (χ1) is 13.1. The largest absolute Gasteiger partial charge is 0.423 e. The Morgan fingerprint density at radius 3 is 2.78 bits per heavy atom. The van der Waals surface area contributed by atoms with Crippen molar-refractivity contribution in [2.24, 2.45) is 0 Å². The molecule has 0 aliphatic carbocycles. The van der Waals surface area contributed by atoms with Crippen LogP contribution in [-0.2, 0) is 12.2 Å². The Bertz CT molecular complexity index is 1150. The summed E-state index contributed by atoms with van der Waals surface area (Å²) in [5.41, 5.74) is 4.55. The van der Waals surface area contributed by atoms with Gasteiger partial charge in [0.1, 0.15) is 5.58 Å². The zero-order valence-electron chi connectivity index (χ0n) is 14.7. The van der Waals surface area contributed by atoms with Gasteiger partial charge in [0.25, 0.3) is 0 Å². The highest BCUT2D eigenvalue weighted by Crippen LogP contribution is 2.27. The molecule has 0 amide bonds. The molecule has 0 fully saturated rings. The van der Waals surface area contributed by atoms with Crippen LogP contribution in [0.5, 0.6) is 0 Å². The Morgan fingerprint density at radius 2 is 1.96 bits per heavy atom. The van der Waals surface area contributed by atoms with Crippen molar-refractivity contribution in [2.45, 2.75) is 24.3 Å². The van der Waals surface area contributed by atoms with Crippen molar-refractivity contribution in [3.63, 3.8) is 0 Å². The van der Waals surface area contributed by atoms with Crippen LogP contribution in [0.3, 0.4) is 0 Å². The number of nitrogens with zero attached hydrogens (tertiary/aromatic N) is 1. The molecule has 0 atom stereocenters. The normalized spacial score (nSPS) is 11.2. The second kappa shape index (κ2) is 7.74. The number of aromatic nitrogens is 2. The van der Waals surface area contributed by atoms with E-state index < -0.39 is 0 Å². The van der Waals surface area contributed by atoms with Gasteiger partial charge in [0.15, 0.2) is 5.16 Å². The molecule has 0 bridgehead atoms. The fourth-order valence-electron chi connectivity index (χ4n) is 2.97. The molecule has 0 aliphatic rings. The topological polar surface area (TPSA) is 58.9 Å². The fourth-order valence-corrected chi connectivity index (χ4v) is 4.24. The summed E-state index contributed by atoms with van der Waals surface area (Å²) in [5.74, 6) is 0.640. The van der Waals surface area contributed by atoms with Gasteiger partial charge >= 0.3 is 5.63 Å². The second-order valence-corrected chi connectivity index (χ2v) is 8.18. The standard InChI is InChI=1S/C21H17BrN2O2S/c1-13-18(9-14-5-3-2-4-6-14)24-21(23-13)27-12-15-10-20(25)26-19-11-16(22)7-8-17(15)19/h2-8,10-11H,9,12H2,1H3,(H,23,24). The highest BCUT2D eigenvalue weighted by molar-refractivity contribution is 9.10. The minimum atomic E-state index is -0.336. The summed E-state index contributed by atoms with van der Waals surface area (Å²) in [6.45, 7) is 2.04. The molecule has 1 N–H and O–H groups in total. The van der Waals surface area contributed by atoms with Crippen LogP contribution in [0.15, 0.2) is 73.4 Å². The third kappa shape index (κ3) is 4.17. The van der Waals surface area contributed by atoms with E-state index >= 15 is 0 Å². The Labute approximate surface area is 169 Å². The zero-order chi connectivity index (χ0) is 18.8. The number of rotatable bonds is 5. The van der Waals surface area contributed by atoms with E-state index in [1.165, 1.54) is 5.56 Å². The van der Waals surface area contributed by atoms with Crippen molar-refractivity contribution in [1.82, 2.24) is 9.97 Å². The summed E-state index contributed by atoms with van der Waals surface area (Å²) < 4.78 is 6.19. The third-order valence-electron chi connectivity index (χ3n) is 4.33. The summed E-state index contributed by atoms with van der Waals surface area (Å²) in [6, 6.07) is 17.6. The molecule has 0 aliphatic heterocycles. The maximum Gasteiger partial charge on any atom is 0.336 e. The monoisotopic (exact) mass is 440 g/mol. The first kappa shape index (κ1) is 18.1. The molecule has 136 valence electrons. The number of hydrogen-bond acceptors (Lipinski definition) is 4. The van der Waals surface area contributed by atoms with Gasteiger partial charge in [-0.15, -0.1) is 0 Å². The van der Waals surface area contributed by atoms with Crippen molar-refractivity contribution in [3.8, 4) is 0 Å². The smallest absolute Gasteiger partial charge is 0.336 e. The average molecular weight is 441 g/mol. The predicted octanol–water partition coefficient (Wildman–Crippen LogP) is 5.47. The molecule has 0 unspecified atom stereocenters. The number of nitrogens with one attached hydrogen (secondary N) is 1. The van der Waals surface area contributed by atoms with Gasteiger partial charge in [-0.2, -0.15) is 0 Å². The maximum atomic E-state index is 11.9. The highest BCUT2D eigenvalue weighted by Gasteiger charge is 2.11. The number of hydrogen-bond donors (Lipinski definition) is 1. The van der Waals surface area contributed by atoms with Gasteiger partial charge in [-0.05, 0) is 36.2 Å². The van der Waals surface area contributed by atoms with E-state index in [-0.39, 0.29) is 5.63 Å². The lowest BCUT2D eigenvalue weighted by atomic mass is 10.1. The van der Waals surface area contributed by atoms with Crippen LogP contribution in [-0.4, -0.2) is 9.97 Å². The predicted molar refractivity (Wildman–Crippen MR) is 112 cm³/mol. The van der Waals surface area contributed by atoms with Crippen LogP contribution in [0.4, 0.5) is 0 Å². The second-order valence-electron chi connectivity index (χ2n) is 6.30. The molecular formula is C21H17BrN2O2S. The van der Waals surface area contributed by atoms with Crippen LogP contribution in [0.1, 0.15) is 22.5 Å². The molecule has 0 radical (unpaired) electrons. The lowest BCUT2D eigenvalue weighted by Crippen LogP contribution is -2.00. The van der Waals surface area contributed by atoms with Gasteiger partial charge in [0.05, 0.1) is 5.69 Å². The molecule has 2 aromatic heterocycles. The zero-order valence-corrected chi connectivity index (χ0v) is 17.1. The number of aromatic amines is 1. The van der Waals surface area contributed by atoms with Crippen LogP contribution in [0.2, 0.25) is 0 Å². The molecular weight excluding hydrogens is 424 g/mol. The van der Waals surface area contributed by atoms with Gasteiger partial charge in [-0.25, -0.2) is 9.78 Å². The lowest BCUT2D eigenvalue weighted by Gasteiger charge is -2.04. The first-order valence-electron chi connectivity index (χ1n) is 8.53. The van der Waals surface area contributed by atoms with Crippen LogP contribution < -0.4 is 5.63 Å². The Morgan fingerprint density at radius 1 is 1.15 bits per heavy atom. The van der Waals surface area contributed by atoms with Crippen LogP contribution in [0, 0.1) is 6.92 Å². The van der Waals surface area contributed by atoms with E-state index in [2.05, 4.69) is 33.0 Å². The van der Waals surface area contributed by atoms with Crippen molar-refractivity contribution in [1.29, 1.82) is 0 Å². The third-order valence-corrected chi connectivity index (χ3v) is 5.75. The van der Waals surface area contributed by atoms with Crippen LogP contribution in [0.25, 0.3) is 11.0 Å². The minimum Gasteiger partial charge on any atom is -0.423 e. The van der Waals surface area contributed by atoms with E-state index in [0.29, 0.717) is 11.3 Å². The minimum absolute atomic E-state index is 0.336. The number of benzene rings is 2. The van der Waals surface area contributed by atoms with E-state index in [9.17, 15) is 4.79 Å². The Kier molecular flexibility index (Phi) is 5.18. The first-order valence-corrected chi connectivity index (χ1v) is 10.3. The summed E-state index contributed by atoms with van der Waals surface area (Å²) in [4.78, 5) is 20.0. The number of thioether (sulfide) groups is 1. The molecule has 4 nitrogen and oxygen atoms in total. The Balaban J connectivity index is 1.55. The van der Waals surface area contributed by atoms with E-state index in [4.69, 9.17) is 9.40 Å². The maximum absolute atomic E-state index is 11.9. The number of aryl methyl sites for hydroxylation is 1. The fraction of sp³-hybridized carbons (Fsp3) is 0.143. The lowest BCUT2D eigenvalue weighted by molar-refractivity contribution is 0.559. The number of fused-ring (bicyclic) bond motifs is 1. The molecule has 0 saturated heterocycles. The molecule has 4 rings (SSSR count). The van der Waals surface area contributed by atoms with Gasteiger partial charge in [0.2, 0.25) is 0 Å². The number of H-pyrrole nitrogens is 1. The Hall–Kier alpha value is -2.31. The number of imidazole rings is 1. The average Bonchev–Trinajstić information content (AvgIpc) is 2.99. The van der Waals surface area contributed by atoms with Gasteiger partial charge in [-0.3, -0.25) is 0 Å². The quantitative estimate of drug-likeness (QED) is 0.330. The summed E-state index contributed by atoms with van der Waals surface area (Å²) in [6.07, 6.45) is 0.801. The van der Waals surface area contributed by atoms with E-state index in [1.807, 2.05) is 43.3 Å². The number of halogens is 1. The summed E-state index contributed by atoms with van der Waals surface area (Å²) in [7, 11) is 0. The molecule has 2 heterocycles. The summed E-state index contributed by atoms with van der Waals surface area (Å²) >= 11 is 5.00. The van der Waals surface area contributed by atoms with Crippen LogP contribution >= 0.6 is 27.7 Å². The van der Waals surface area contributed by atoms with Crippen molar-refractivity contribution >= 4 is 38.7 Å². The van der Waals surface area contributed by atoms with Gasteiger partial charge in [0, 0.05) is 33.8 Å². The molecule has 6 heteroatoms. The molecule has 0 spiro atoms. The van der Waals surface area contributed by atoms with Crippen molar-refractivity contribution in [3.05, 3.63) is 92.0 Å². The van der Waals surface area contributed by atoms with Crippen molar-refractivity contribution < 1.29 is 4.42 Å². The highest BCUT2D eigenvalue weighted by atomic mass is 79.9. The summed E-state index contributed by atoms with van der Waals surface area (Å²) in [5, 5.41) is 1.80. The molecule has 27 heavy (non-hydrogen) atoms. The molecule has 4 aromatic rings. The van der Waals surface area contributed by atoms with Gasteiger partial charge in [-0.1, -0.05) is 58.0 Å². The van der Waals surface area contributed by atoms with E-state index in [0.717, 1.165) is 38.4 Å².